The molecule has 0 saturated carbocycles. The van der Waals surface area contributed by atoms with Gasteiger partial charge in [0.05, 0.1) is 0 Å². The van der Waals surface area contributed by atoms with E-state index >= 15 is 0 Å². The van der Waals surface area contributed by atoms with E-state index in [2.05, 4.69) is 74.0 Å². The van der Waals surface area contributed by atoms with Crippen LogP contribution in [0.25, 0.3) is 0 Å². The van der Waals surface area contributed by atoms with Crippen molar-refractivity contribution >= 4 is 15.9 Å². The quantitative estimate of drug-likeness (QED) is 0.848. The third-order valence-electron chi connectivity index (χ3n) is 3.76. The molecule has 1 nitrogen and oxygen atoms in total. The van der Waals surface area contributed by atoms with Crippen LogP contribution in [0.5, 0.6) is 0 Å². The van der Waals surface area contributed by atoms with Gasteiger partial charge in [-0.2, -0.15) is 0 Å². The van der Waals surface area contributed by atoms with Gasteiger partial charge >= 0.3 is 0 Å². The lowest BCUT2D eigenvalue weighted by molar-refractivity contribution is 0.714. The Hall–Kier alpha value is -1.12. The number of hydrogen-bond donors (Lipinski definition) is 1. The average Bonchev–Trinajstić information content (AvgIpc) is 2.32. The molecular formula is C18H22BrN. The van der Waals surface area contributed by atoms with E-state index in [0.29, 0.717) is 0 Å². The minimum atomic E-state index is 0.0336. The van der Waals surface area contributed by atoms with Crippen LogP contribution in [0.1, 0.15) is 39.4 Å². The zero-order chi connectivity index (χ0) is 14.9. The smallest absolute Gasteiger partial charge is 0.0336 e. The summed E-state index contributed by atoms with van der Waals surface area (Å²) >= 11 is 3.55. The molecule has 20 heavy (non-hydrogen) atoms. The average molecular weight is 332 g/mol. The van der Waals surface area contributed by atoms with E-state index in [9.17, 15) is 0 Å². The highest BCUT2D eigenvalue weighted by atomic mass is 79.9. The van der Waals surface area contributed by atoms with Gasteiger partial charge in [0.25, 0.3) is 0 Å². The number of aryl methyl sites for hydroxylation is 4. The van der Waals surface area contributed by atoms with Crippen molar-refractivity contribution in [2.24, 2.45) is 5.73 Å². The van der Waals surface area contributed by atoms with E-state index in [-0.39, 0.29) is 6.04 Å². The van der Waals surface area contributed by atoms with E-state index in [4.69, 9.17) is 5.73 Å². The van der Waals surface area contributed by atoms with Crippen LogP contribution in [0.2, 0.25) is 0 Å². The molecule has 0 amide bonds. The standard InChI is InChI=1S/C18H22BrN/c1-11-5-13(3)17(14(4)6-11)10-18(20)15-7-12(2)8-16(19)9-15/h5-9,18H,10,20H2,1-4H3. The first-order valence-corrected chi connectivity index (χ1v) is 7.75. The number of benzene rings is 2. The zero-order valence-corrected chi connectivity index (χ0v) is 14.2. The predicted octanol–water partition coefficient (Wildman–Crippen LogP) is 4.93. The molecule has 0 radical (unpaired) electrons. The van der Waals surface area contributed by atoms with Crippen LogP contribution >= 0.6 is 15.9 Å². The summed E-state index contributed by atoms with van der Waals surface area (Å²) in [6.45, 7) is 8.59. The second-order valence-corrected chi connectivity index (χ2v) is 6.67. The molecule has 0 saturated heterocycles. The van der Waals surface area contributed by atoms with Crippen LogP contribution in [0.15, 0.2) is 34.8 Å². The maximum atomic E-state index is 6.42. The fourth-order valence-electron chi connectivity index (χ4n) is 2.85. The highest BCUT2D eigenvalue weighted by Gasteiger charge is 2.12. The van der Waals surface area contributed by atoms with Gasteiger partial charge in [-0.3, -0.25) is 0 Å². The molecule has 0 bridgehead atoms. The Morgan fingerprint density at radius 1 is 0.900 bits per heavy atom. The van der Waals surface area contributed by atoms with Gasteiger partial charge in [0, 0.05) is 10.5 Å². The van der Waals surface area contributed by atoms with Crippen LogP contribution in [-0.2, 0) is 6.42 Å². The lowest BCUT2D eigenvalue weighted by Crippen LogP contribution is -2.15. The van der Waals surface area contributed by atoms with Crippen LogP contribution in [0, 0.1) is 27.7 Å². The summed E-state index contributed by atoms with van der Waals surface area (Å²) < 4.78 is 1.10. The molecule has 0 fully saturated rings. The monoisotopic (exact) mass is 331 g/mol. The summed E-state index contributed by atoms with van der Waals surface area (Å²) in [4.78, 5) is 0. The summed E-state index contributed by atoms with van der Waals surface area (Å²) in [7, 11) is 0. The number of nitrogens with two attached hydrogens (primary N) is 1. The Balaban J connectivity index is 2.30. The van der Waals surface area contributed by atoms with Gasteiger partial charge in [-0.15, -0.1) is 0 Å². The molecule has 2 aromatic rings. The second kappa shape index (κ2) is 6.11. The molecule has 1 unspecified atom stereocenters. The van der Waals surface area contributed by atoms with Crippen molar-refractivity contribution in [1.82, 2.24) is 0 Å². The first-order valence-electron chi connectivity index (χ1n) is 6.96. The van der Waals surface area contributed by atoms with Crippen LogP contribution in [0.3, 0.4) is 0 Å². The Labute approximate surface area is 130 Å². The molecule has 0 aliphatic carbocycles. The maximum absolute atomic E-state index is 6.42. The lowest BCUT2D eigenvalue weighted by Gasteiger charge is -2.17. The van der Waals surface area contributed by atoms with Crippen molar-refractivity contribution in [2.75, 3.05) is 0 Å². The van der Waals surface area contributed by atoms with Crippen molar-refractivity contribution in [2.45, 2.75) is 40.2 Å². The molecule has 0 aliphatic heterocycles. The highest BCUT2D eigenvalue weighted by Crippen LogP contribution is 2.25. The molecule has 0 aromatic heterocycles. The summed E-state index contributed by atoms with van der Waals surface area (Å²) in [6.07, 6.45) is 0.883. The molecule has 2 heteroatoms. The maximum Gasteiger partial charge on any atom is 0.0336 e. The van der Waals surface area contributed by atoms with Gasteiger partial charge in [0.15, 0.2) is 0 Å². The fraction of sp³-hybridized carbons (Fsp3) is 0.333. The third-order valence-corrected chi connectivity index (χ3v) is 4.21. The first kappa shape index (κ1) is 15.3. The van der Waals surface area contributed by atoms with Gasteiger partial charge in [-0.25, -0.2) is 0 Å². The van der Waals surface area contributed by atoms with Gasteiger partial charge < -0.3 is 5.73 Å². The number of halogens is 1. The van der Waals surface area contributed by atoms with E-state index in [1.807, 2.05) is 0 Å². The van der Waals surface area contributed by atoms with E-state index < -0.39 is 0 Å². The predicted molar refractivity (Wildman–Crippen MR) is 90.2 cm³/mol. The molecule has 0 aliphatic rings. The third kappa shape index (κ3) is 3.50. The van der Waals surface area contributed by atoms with Crippen molar-refractivity contribution in [3.05, 3.63) is 68.2 Å². The molecule has 2 rings (SSSR count). The SMILES string of the molecule is Cc1cc(Br)cc(C(N)Cc2c(C)cc(C)cc2C)c1. The first-order chi connectivity index (χ1) is 9.36. The Morgan fingerprint density at radius 3 is 2.00 bits per heavy atom. The number of rotatable bonds is 3. The Bertz CT molecular complexity index is 588. The van der Waals surface area contributed by atoms with Crippen molar-refractivity contribution in [1.29, 1.82) is 0 Å². The molecule has 1 atom stereocenters. The summed E-state index contributed by atoms with van der Waals surface area (Å²) in [6, 6.07) is 10.9. The van der Waals surface area contributed by atoms with E-state index in [1.165, 1.54) is 33.4 Å². The molecular weight excluding hydrogens is 310 g/mol. The minimum absolute atomic E-state index is 0.0336. The van der Waals surface area contributed by atoms with Crippen molar-refractivity contribution in [3.63, 3.8) is 0 Å². The number of hydrogen-bond acceptors (Lipinski definition) is 1. The van der Waals surface area contributed by atoms with Crippen LogP contribution in [0.4, 0.5) is 0 Å². The summed E-state index contributed by atoms with van der Waals surface area (Å²) in [5.41, 5.74) is 14.2. The molecule has 2 aromatic carbocycles. The normalized spacial score (nSPS) is 12.5. The summed E-state index contributed by atoms with van der Waals surface area (Å²) in [5.74, 6) is 0. The van der Waals surface area contributed by atoms with Gasteiger partial charge in [-0.05, 0) is 74.1 Å². The zero-order valence-electron chi connectivity index (χ0n) is 12.6. The molecule has 0 spiro atoms. The summed E-state index contributed by atoms with van der Waals surface area (Å²) in [5, 5.41) is 0. The van der Waals surface area contributed by atoms with Gasteiger partial charge in [0.1, 0.15) is 0 Å². The topological polar surface area (TPSA) is 26.0 Å². The fourth-order valence-corrected chi connectivity index (χ4v) is 3.47. The van der Waals surface area contributed by atoms with E-state index in [0.717, 1.165) is 10.9 Å². The van der Waals surface area contributed by atoms with Crippen LogP contribution in [-0.4, -0.2) is 0 Å². The van der Waals surface area contributed by atoms with Gasteiger partial charge in [-0.1, -0.05) is 39.7 Å². The van der Waals surface area contributed by atoms with E-state index in [1.54, 1.807) is 0 Å². The molecule has 0 heterocycles. The van der Waals surface area contributed by atoms with Crippen molar-refractivity contribution < 1.29 is 0 Å². The Kier molecular flexibility index (Phi) is 4.66. The Morgan fingerprint density at radius 2 is 1.45 bits per heavy atom. The highest BCUT2D eigenvalue weighted by molar-refractivity contribution is 9.10. The van der Waals surface area contributed by atoms with Gasteiger partial charge in [0.2, 0.25) is 0 Å². The molecule has 2 N–H and O–H groups in total. The largest absolute Gasteiger partial charge is 0.324 e. The lowest BCUT2D eigenvalue weighted by atomic mass is 9.92. The van der Waals surface area contributed by atoms with Crippen molar-refractivity contribution in [3.8, 4) is 0 Å². The minimum Gasteiger partial charge on any atom is -0.324 e. The second-order valence-electron chi connectivity index (χ2n) is 5.75. The van der Waals surface area contributed by atoms with Crippen LogP contribution < -0.4 is 5.73 Å². The molecule has 106 valence electrons.